The van der Waals surface area contributed by atoms with Crippen molar-refractivity contribution < 1.29 is 31.1 Å². The summed E-state index contributed by atoms with van der Waals surface area (Å²) in [5.74, 6) is 0.525. The zero-order valence-corrected chi connectivity index (χ0v) is 23.2. The fourth-order valence-electron chi connectivity index (χ4n) is 5.36. The predicted octanol–water partition coefficient (Wildman–Crippen LogP) is 4.25. The van der Waals surface area contributed by atoms with Crippen LogP contribution in [0.3, 0.4) is 0 Å². The third-order valence-electron chi connectivity index (χ3n) is 7.37. The third-order valence-corrected chi connectivity index (χ3v) is 9.27. The first-order valence-electron chi connectivity index (χ1n) is 13.2. The largest absolute Gasteiger partial charge is 0.495 e. The number of rotatable bonds is 8. The van der Waals surface area contributed by atoms with E-state index in [4.69, 9.17) is 9.47 Å². The molecule has 0 aliphatic carbocycles. The molecule has 3 N–H and O–H groups in total. The van der Waals surface area contributed by atoms with Crippen molar-refractivity contribution in [3.8, 4) is 5.75 Å². The van der Waals surface area contributed by atoms with E-state index in [1.54, 1.807) is 13.0 Å². The highest BCUT2D eigenvalue weighted by molar-refractivity contribution is 7.89. The van der Waals surface area contributed by atoms with E-state index in [-0.39, 0.29) is 33.2 Å². The molecule has 4 heterocycles. The van der Waals surface area contributed by atoms with Crippen LogP contribution >= 0.6 is 0 Å². The first-order valence-corrected chi connectivity index (χ1v) is 14.7. The lowest BCUT2D eigenvalue weighted by atomic mass is 10.0. The normalized spacial score (nSPS) is 18.2. The summed E-state index contributed by atoms with van der Waals surface area (Å²) in [4.78, 5) is 9.40. The van der Waals surface area contributed by atoms with Gasteiger partial charge in [-0.05, 0) is 31.9 Å². The second kappa shape index (κ2) is 11.4. The summed E-state index contributed by atoms with van der Waals surface area (Å²) in [6.07, 6.45) is -2.13. The number of fused-ring (bicyclic) bond motifs is 1. The fourth-order valence-corrected chi connectivity index (χ4v) is 6.85. The van der Waals surface area contributed by atoms with Gasteiger partial charge in [-0.25, -0.2) is 13.4 Å². The van der Waals surface area contributed by atoms with Crippen LogP contribution in [0.5, 0.6) is 5.75 Å². The van der Waals surface area contributed by atoms with E-state index in [1.165, 1.54) is 29.6 Å². The van der Waals surface area contributed by atoms with Gasteiger partial charge in [0, 0.05) is 62.8 Å². The molecule has 10 nitrogen and oxygen atoms in total. The average molecular weight is 583 g/mol. The van der Waals surface area contributed by atoms with E-state index in [2.05, 4.69) is 25.5 Å². The lowest BCUT2D eigenvalue weighted by Gasteiger charge is -2.39. The van der Waals surface area contributed by atoms with E-state index in [9.17, 15) is 21.6 Å². The van der Waals surface area contributed by atoms with Gasteiger partial charge in [0.15, 0.2) is 0 Å². The summed E-state index contributed by atoms with van der Waals surface area (Å²) in [6.45, 7) is 6.20. The Morgan fingerprint density at radius 2 is 1.85 bits per heavy atom. The van der Waals surface area contributed by atoms with Crippen molar-refractivity contribution in [1.82, 2.24) is 19.2 Å². The number of anilines is 3. The molecule has 2 saturated heterocycles. The molecule has 2 aliphatic heterocycles. The van der Waals surface area contributed by atoms with Crippen LogP contribution in [0.1, 0.15) is 25.3 Å². The summed E-state index contributed by atoms with van der Waals surface area (Å²) in [7, 11) is -2.32. The number of benzene rings is 1. The number of H-pyrrole nitrogens is 1. The number of methoxy groups -OCH3 is 1. The monoisotopic (exact) mass is 582 g/mol. The number of halogens is 3. The molecule has 0 atom stereocenters. The van der Waals surface area contributed by atoms with E-state index in [1.807, 2.05) is 0 Å². The van der Waals surface area contributed by atoms with Crippen molar-refractivity contribution in [2.45, 2.75) is 36.9 Å². The van der Waals surface area contributed by atoms with Crippen LogP contribution in [0, 0.1) is 0 Å². The summed E-state index contributed by atoms with van der Waals surface area (Å²) >= 11 is 0. The minimum atomic E-state index is -4.54. The molecule has 40 heavy (non-hydrogen) atoms. The van der Waals surface area contributed by atoms with Crippen LogP contribution in [-0.4, -0.2) is 86.7 Å². The molecule has 0 amide bonds. The van der Waals surface area contributed by atoms with Gasteiger partial charge in [0.1, 0.15) is 17.2 Å². The molecule has 218 valence electrons. The number of hydrogen-bond donors (Lipinski definition) is 3. The number of morpholine rings is 1. The Labute approximate surface area is 230 Å². The lowest BCUT2D eigenvalue weighted by Crippen LogP contribution is -2.50. The highest BCUT2D eigenvalue weighted by Crippen LogP contribution is 2.40. The van der Waals surface area contributed by atoms with Crippen LogP contribution in [0.25, 0.3) is 11.0 Å². The maximum absolute atomic E-state index is 13.5. The van der Waals surface area contributed by atoms with E-state index >= 15 is 0 Å². The summed E-state index contributed by atoms with van der Waals surface area (Å²) < 4.78 is 79.9. The second-order valence-electron chi connectivity index (χ2n) is 9.78. The number of aromatic amines is 1. The molecule has 0 bridgehead atoms. The summed E-state index contributed by atoms with van der Waals surface area (Å²) in [5, 5.41) is 5.98. The molecule has 0 spiro atoms. The number of alkyl halides is 3. The fraction of sp³-hybridized carbons (Fsp3) is 0.500. The number of nitrogens with zero attached hydrogens (tertiary/aromatic N) is 3. The zero-order valence-electron chi connectivity index (χ0n) is 22.3. The molecular formula is C26H33F3N6O4S. The van der Waals surface area contributed by atoms with Gasteiger partial charge in [-0.15, -0.1) is 0 Å². The SMILES string of the molecule is CCNc1cc(Nc2ccc(S(=O)(=O)N3CCC(N4CCOCC4)CC3)cc2OC)nc2[nH]cc(C(F)(F)F)c12. The minimum absolute atomic E-state index is 0.0503. The van der Waals surface area contributed by atoms with Gasteiger partial charge in [0.2, 0.25) is 10.0 Å². The van der Waals surface area contributed by atoms with E-state index < -0.39 is 21.8 Å². The molecule has 0 radical (unpaired) electrons. The van der Waals surface area contributed by atoms with Crippen LogP contribution in [0.2, 0.25) is 0 Å². The van der Waals surface area contributed by atoms with Crippen molar-refractivity contribution in [2.24, 2.45) is 0 Å². The van der Waals surface area contributed by atoms with E-state index in [0.29, 0.717) is 44.6 Å². The molecule has 1 aromatic carbocycles. The van der Waals surface area contributed by atoms with Crippen LogP contribution < -0.4 is 15.4 Å². The Balaban J connectivity index is 1.36. The predicted molar refractivity (Wildman–Crippen MR) is 146 cm³/mol. The number of pyridine rings is 1. The Kier molecular flexibility index (Phi) is 8.13. The summed E-state index contributed by atoms with van der Waals surface area (Å²) in [6, 6.07) is 6.35. The molecule has 2 aromatic heterocycles. The molecule has 0 unspecified atom stereocenters. The minimum Gasteiger partial charge on any atom is -0.495 e. The average Bonchev–Trinajstić information content (AvgIpc) is 3.39. The standard InChI is InChI=1S/C26H33F3N6O4S/c1-3-30-21-15-23(33-25-24(21)19(16-31-25)26(27,28)29)32-20-5-4-18(14-22(20)38-2)40(36,37)35-8-6-17(7-9-35)34-10-12-39-13-11-34/h4-5,14-17H,3,6-13H2,1-2H3,(H3,30,31,32,33). The van der Waals surface area contributed by atoms with Crippen molar-refractivity contribution in [1.29, 1.82) is 0 Å². The van der Waals surface area contributed by atoms with Gasteiger partial charge >= 0.3 is 6.18 Å². The number of sulfonamides is 1. The van der Waals surface area contributed by atoms with Gasteiger partial charge in [0.25, 0.3) is 0 Å². The van der Waals surface area contributed by atoms with Crippen molar-refractivity contribution in [2.75, 3.05) is 63.7 Å². The van der Waals surface area contributed by atoms with Crippen molar-refractivity contribution in [3.63, 3.8) is 0 Å². The van der Waals surface area contributed by atoms with Gasteiger partial charge < -0.3 is 25.1 Å². The highest BCUT2D eigenvalue weighted by atomic mass is 32.2. The molecule has 5 rings (SSSR count). The molecule has 0 saturated carbocycles. The van der Waals surface area contributed by atoms with Crippen LogP contribution in [-0.2, 0) is 20.9 Å². The number of hydrogen-bond acceptors (Lipinski definition) is 8. The Morgan fingerprint density at radius 1 is 1.12 bits per heavy atom. The molecule has 3 aromatic rings. The molecular weight excluding hydrogens is 549 g/mol. The van der Waals surface area contributed by atoms with Gasteiger partial charge in [0.05, 0.1) is 41.9 Å². The Hall–Kier alpha value is -3.07. The number of aromatic nitrogens is 2. The van der Waals surface area contributed by atoms with Crippen LogP contribution in [0.15, 0.2) is 35.4 Å². The topological polar surface area (TPSA) is 112 Å². The van der Waals surface area contributed by atoms with Crippen molar-refractivity contribution >= 4 is 38.2 Å². The number of piperidine rings is 1. The third kappa shape index (κ3) is 5.71. The van der Waals surface area contributed by atoms with E-state index in [0.717, 1.165) is 32.1 Å². The highest BCUT2D eigenvalue weighted by Gasteiger charge is 2.35. The number of ether oxygens (including phenoxy) is 2. The Bertz CT molecular complexity index is 1450. The second-order valence-corrected chi connectivity index (χ2v) is 11.7. The molecule has 14 heteroatoms. The first-order chi connectivity index (χ1) is 19.1. The summed E-state index contributed by atoms with van der Waals surface area (Å²) in [5.41, 5.74) is -0.0582. The Morgan fingerprint density at radius 3 is 2.50 bits per heavy atom. The van der Waals surface area contributed by atoms with Crippen molar-refractivity contribution in [3.05, 3.63) is 36.0 Å². The quantitative estimate of drug-likeness (QED) is 0.362. The van der Waals surface area contributed by atoms with Gasteiger partial charge in [-0.2, -0.15) is 17.5 Å². The van der Waals surface area contributed by atoms with Gasteiger partial charge in [-0.3, -0.25) is 4.90 Å². The number of nitrogens with one attached hydrogen (secondary N) is 3. The molecule has 2 aliphatic rings. The first kappa shape index (κ1) is 28.5. The zero-order chi connectivity index (χ0) is 28.5. The maximum Gasteiger partial charge on any atom is 0.418 e. The van der Waals surface area contributed by atoms with Crippen LogP contribution in [0.4, 0.5) is 30.4 Å². The smallest absolute Gasteiger partial charge is 0.418 e. The van der Waals surface area contributed by atoms with Gasteiger partial charge in [-0.1, -0.05) is 0 Å². The lowest BCUT2D eigenvalue weighted by molar-refractivity contribution is -0.136. The molecule has 2 fully saturated rings. The maximum atomic E-state index is 13.5.